The molecule has 0 amide bonds. The highest BCUT2D eigenvalue weighted by molar-refractivity contribution is 7.89. The fourth-order valence-electron chi connectivity index (χ4n) is 2.73. The predicted octanol–water partition coefficient (Wildman–Crippen LogP) is 2.83. The van der Waals surface area contributed by atoms with Crippen molar-refractivity contribution in [2.75, 3.05) is 0 Å². The van der Waals surface area contributed by atoms with Crippen molar-refractivity contribution in [1.29, 1.82) is 0 Å². The molecule has 7 heteroatoms. The van der Waals surface area contributed by atoms with Crippen molar-refractivity contribution in [2.24, 2.45) is 11.7 Å². The zero-order chi connectivity index (χ0) is 15.6. The number of halogens is 1. The van der Waals surface area contributed by atoms with Crippen LogP contribution in [0.1, 0.15) is 38.2 Å². The van der Waals surface area contributed by atoms with Crippen LogP contribution in [0, 0.1) is 5.92 Å². The average Bonchev–Trinajstić information content (AvgIpc) is 2.91. The van der Waals surface area contributed by atoms with Crippen LogP contribution in [-0.4, -0.2) is 19.4 Å². The van der Waals surface area contributed by atoms with Crippen molar-refractivity contribution >= 4 is 38.8 Å². The van der Waals surface area contributed by atoms with Gasteiger partial charge in [0.05, 0.1) is 5.02 Å². The number of nitrogens with two attached hydrogens (primary N) is 1. The third-order valence-corrected chi connectivity index (χ3v) is 6.23. The highest BCUT2D eigenvalue weighted by Crippen LogP contribution is 2.29. The van der Waals surface area contributed by atoms with Gasteiger partial charge in [0.2, 0.25) is 10.0 Å². The molecule has 1 aliphatic rings. The van der Waals surface area contributed by atoms with Crippen LogP contribution in [0.25, 0.3) is 0 Å². The van der Waals surface area contributed by atoms with Crippen molar-refractivity contribution in [3.8, 4) is 0 Å². The molecule has 0 heterocycles. The normalized spacial score (nSPS) is 17.8. The second-order valence-corrected chi connectivity index (χ2v) is 7.99. The predicted molar refractivity (Wildman–Crippen MR) is 89.1 cm³/mol. The molecule has 1 aromatic rings. The Morgan fingerprint density at radius 2 is 2.05 bits per heavy atom. The Hall–Kier alpha value is -0.690. The Bertz CT molecular complexity index is 640. The lowest BCUT2D eigenvalue weighted by atomic mass is 10.0. The average molecular weight is 347 g/mol. The van der Waals surface area contributed by atoms with E-state index in [2.05, 4.69) is 4.72 Å². The Kier molecular flexibility index (Phi) is 5.24. The molecule has 1 aromatic carbocycles. The monoisotopic (exact) mass is 346 g/mol. The van der Waals surface area contributed by atoms with Gasteiger partial charge in [0, 0.05) is 11.6 Å². The van der Waals surface area contributed by atoms with Gasteiger partial charge in [-0.1, -0.05) is 42.7 Å². The standard InChI is InChI=1S/C14H19ClN2O2S2/c1-9(10-4-2-3-5-10)17-21(18,19)13-7-6-11(14(16)20)8-12(13)15/h6-10,17H,2-5H2,1H3,(H2,16,20). The quantitative estimate of drug-likeness (QED) is 0.804. The Labute approximate surface area is 136 Å². The first-order valence-electron chi connectivity index (χ1n) is 6.93. The van der Waals surface area contributed by atoms with E-state index in [4.69, 9.17) is 29.6 Å². The molecule has 116 valence electrons. The van der Waals surface area contributed by atoms with E-state index in [0.717, 1.165) is 12.8 Å². The van der Waals surface area contributed by atoms with Gasteiger partial charge in [-0.2, -0.15) is 0 Å². The van der Waals surface area contributed by atoms with Crippen LogP contribution in [0.15, 0.2) is 23.1 Å². The van der Waals surface area contributed by atoms with Crippen LogP contribution in [0.2, 0.25) is 5.02 Å². The second-order valence-electron chi connectivity index (χ2n) is 5.46. The lowest BCUT2D eigenvalue weighted by Crippen LogP contribution is -2.37. The molecule has 1 fully saturated rings. The third kappa shape index (κ3) is 3.94. The molecule has 4 nitrogen and oxygen atoms in total. The van der Waals surface area contributed by atoms with Gasteiger partial charge in [0.1, 0.15) is 9.88 Å². The SMILES string of the molecule is CC(NS(=O)(=O)c1ccc(C(N)=S)cc1Cl)C1CCCC1. The largest absolute Gasteiger partial charge is 0.389 e. The number of hydrogen-bond acceptors (Lipinski definition) is 3. The molecule has 1 unspecified atom stereocenters. The Balaban J connectivity index is 2.21. The summed E-state index contributed by atoms with van der Waals surface area (Å²) in [7, 11) is -3.64. The number of thiocarbonyl (C=S) groups is 1. The number of nitrogens with one attached hydrogen (secondary N) is 1. The summed E-state index contributed by atoms with van der Waals surface area (Å²) in [5.74, 6) is 0.398. The summed E-state index contributed by atoms with van der Waals surface area (Å²) in [5.41, 5.74) is 6.07. The smallest absolute Gasteiger partial charge is 0.242 e. The van der Waals surface area contributed by atoms with Gasteiger partial charge in [-0.25, -0.2) is 13.1 Å². The minimum atomic E-state index is -3.64. The van der Waals surface area contributed by atoms with E-state index < -0.39 is 10.0 Å². The molecule has 1 saturated carbocycles. The number of hydrogen-bond donors (Lipinski definition) is 2. The van der Waals surface area contributed by atoms with Crippen molar-refractivity contribution in [3.63, 3.8) is 0 Å². The van der Waals surface area contributed by atoms with E-state index in [1.807, 2.05) is 6.92 Å². The highest BCUT2D eigenvalue weighted by Gasteiger charge is 2.27. The van der Waals surface area contributed by atoms with Crippen molar-refractivity contribution in [3.05, 3.63) is 28.8 Å². The Morgan fingerprint density at radius 1 is 1.43 bits per heavy atom. The van der Waals surface area contributed by atoms with Crippen LogP contribution >= 0.6 is 23.8 Å². The second kappa shape index (κ2) is 6.60. The minimum absolute atomic E-state index is 0.0639. The van der Waals surface area contributed by atoms with Crippen LogP contribution in [-0.2, 0) is 10.0 Å². The van der Waals surface area contributed by atoms with Gasteiger partial charge in [0.25, 0.3) is 0 Å². The van der Waals surface area contributed by atoms with E-state index in [1.165, 1.54) is 25.0 Å². The van der Waals surface area contributed by atoms with Crippen molar-refractivity contribution in [2.45, 2.75) is 43.5 Å². The van der Waals surface area contributed by atoms with Gasteiger partial charge in [-0.15, -0.1) is 0 Å². The Morgan fingerprint density at radius 3 is 2.57 bits per heavy atom. The molecule has 3 N–H and O–H groups in total. The van der Waals surface area contributed by atoms with Gasteiger partial charge >= 0.3 is 0 Å². The molecular formula is C14H19ClN2O2S2. The summed E-state index contributed by atoms with van der Waals surface area (Å²) in [4.78, 5) is 0.252. The van der Waals surface area contributed by atoms with E-state index in [-0.39, 0.29) is 20.9 Å². The molecule has 2 rings (SSSR count). The first-order chi connectivity index (χ1) is 9.81. The topological polar surface area (TPSA) is 72.2 Å². The first-order valence-corrected chi connectivity index (χ1v) is 9.20. The fraction of sp³-hybridized carbons (Fsp3) is 0.500. The summed E-state index contributed by atoms with van der Waals surface area (Å²) in [6.07, 6.45) is 4.47. The molecular weight excluding hydrogens is 328 g/mol. The van der Waals surface area contributed by atoms with Crippen LogP contribution in [0.5, 0.6) is 0 Å². The molecule has 0 aliphatic heterocycles. The third-order valence-electron chi connectivity index (χ3n) is 3.95. The summed E-state index contributed by atoms with van der Waals surface area (Å²) in [6.45, 7) is 1.91. The van der Waals surface area contributed by atoms with E-state index in [9.17, 15) is 8.42 Å². The van der Waals surface area contributed by atoms with E-state index >= 15 is 0 Å². The summed E-state index contributed by atoms with van der Waals surface area (Å²) in [6, 6.07) is 4.41. The molecule has 0 radical (unpaired) electrons. The molecule has 0 aromatic heterocycles. The number of rotatable bonds is 5. The molecule has 21 heavy (non-hydrogen) atoms. The lowest BCUT2D eigenvalue weighted by molar-refractivity contribution is 0.424. The molecule has 0 bridgehead atoms. The van der Waals surface area contributed by atoms with Crippen LogP contribution < -0.4 is 10.5 Å². The maximum Gasteiger partial charge on any atom is 0.242 e. The molecule has 1 atom stereocenters. The molecule has 1 aliphatic carbocycles. The maximum atomic E-state index is 12.4. The summed E-state index contributed by atoms with van der Waals surface area (Å²) < 4.78 is 27.6. The van der Waals surface area contributed by atoms with Gasteiger partial charge in [-0.3, -0.25) is 0 Å². The highest BCUT2D eigenvalue weighted by atomic mass is 35.5. The van der Waals surface area contributed by atoms with Gasteiger partial charge in [-0.05, 0) is 37.8 Å². The lowest BCUT2D eigenvalue weighted by Gasteiger charge is -2.20. The molecule has 0 saturated heterocycles. The fourth-order valence-corrected chi connectivity index (χ4v) is 4.72. The van der Waals surface area contributed by atoms with Crippen LogP contribution in [0.3, 0.4) is 0 Å². The zero-order valence-corrected chi connectivity index (χ0v) is 14.2. The van der Waals surface area contributed by atoms with Crippen molar-refractivity contribution in [1.82, 2.24) is 4.72 Å². The van der Waals surface area contributed by atoms with Gasteiger partial charge < -0.3 is 5.73 Å². The minimum Gasteiger partial charge on any atom is -0.389 e. The van der Waals surface area contributed by atoms with Crippen molar-refractivity contribution < 1.29 is 8.42 Å². The number of benzene rings is 1. The molecule has 0 spiro atoms. The van der Waals surface area contributed by atoms with E-state index in [0.29, 0.717) is 11.5 Å². The number of sulfonamides is 1. The van der Waals surface area contributed by atoms with E-state index in [1.54, 1.807) is 6.07 Å². The van der Waals surface area contributed by atoms with Gasteiger partial charge in [0.15, 0.2) is 0 Å². The van der Waals surface area contributed by atoms with Crippen LogP contribution in [0.4, 0.5) is 0 Å². The zero-order valence-electron chi connectivity index (χ0n) is 11.8. The first kappa shape index (κ1) is 16.7. The summed E-state index contributed by atoms with van der Waals surface area (Å²) in [5, 5.41) is 0.131. The summed E-state index contributed by atoms with van der Waals surface area (Å²) >= 11 is 10.9. The maximum absolute atomic E-state index is 12.4.